The van der Waals surface area contributed by atoms with Gasteiger partial charge >= 0.3 is 0 Å². The molecule has 2 heterocycles. The third-order valence-electron chi connectivity index (χ3n) is 6.13. The molecular weight excluding hydrogens is 394 g/mol. The normalized spacial score (nSPS) is 16.3. The van der Waals surface area contributed by atoms with Crippen LogP contribution in [-0.4, -0.2) is 20.4 Å². The standard InChI is InChI=1S/C28H27N3O/c32-27-18-10-17-26(31(27)20-23-13-6-2-7-14-23)28-29-25(24-15-8-3-9-16-24)21-30(28)19-22-11-4-1-5-12-22/h1-9,11-16,21,26H,10,17-20H2. The Labute approximate surface area is 189 Å². The molecular formula is C28H27N3O. The largest absolute Gasteiger partial charge is 0.328 e. The highest BCUT2D eigenvalue weighted by Gasteiger charge is 2.32. The van der Waals surface area contributed by atoms with Crippen molar-refractivity contribution in [3.8, 4) is 11.3 Å². The molecule has 0 aliphatic carbocycles. The maximum absolute atomic E-state index is 13.0. The molecule has 0 radical (unpaired) electrons. The second-order valence-corrected chi connectivity index (χ2v) is 8.38. The number of imidazole rings is 1. The van der Waals surface area contributed by atoms with Crippen molar-refractivity contribution >= 4 is 5.91 Å². The van der Waals surface area contributed by atoms with Crippen LogP contribution in [0.25, 0.3) is 11.3 Å². The molecule has 1 amide bonds. The van der Waals surface area contributed by atoms with E-state index >= 15 is 0 Å². The van der Waals surface area contributed by atoms with Crippen LogP contribution in [0.2, 0.25) is 0 Å². The van der Waals surface area contributed by atoms with Gasteiger partial charge in [0.25, 0.3) is 0 Å². The van der Waals surface area contributed by atoms with E-state index in [9.17, 15) is 4.79 Å². The van der Waals surface area contributed by atoms with Crippen molar-refractivity contribution in [3.05, 3.63) is 114 Å². The molecule has 1 fully saturated rings. The third kappa shape index (κ3) is 4.35. The van der Waals surface area contributed by atoms with Crippen LogP contribution < -0.4 is 0 Å². The zero-order chi connectivity index (χ0) is 21.8. The van der Waals surface area contributed by atoms with Gasteiger partial charge in [-0.3, -0.25) is 4.79 Å². The lowest BCUT2D eigenvalue weighted by Crippen LogP contribution is -2.39. The van der Waals surface area contributed by atoms with Crippen LogP contribution in [0.3, 0.4) is 0 Å². The van der Waals surface area contributed by atoms with E-state index in [4.69, 9.17) is 4.98 Å². The molecule has 32 heavy (non-hydrogen) atoms. The first-order valence-corrected chi connectivity index (χ1v) is 11.3. The monoisotopic (exact) mass is 421 g/mol. The highest BCUT2D eigenvalue weighted by Crippen LogP contribution is 2.34. The van der Waals surface area contributed by atoms with E-state index in [0.717, 1.165) is 42.0 Å². The van der Waals surface area contributed by atoms with Gasteiger partial charge in [0.2, 0.25) is 5.91 Å². The summed E-state index contributed by atoms with van der Waals surface area (Å²) < 4.78 is 2.24. The lowest BCUT2D eigenvalue weighted by atomic mass is 9.99. The van der Waals surface area contributed by atoms with Crippen LogP contribution in [0.15, 0.2) is 97.2 Å². The van der Waals surface area contributed by atoms with Crippen LogP contribution in [0.4, 0.5) is 0 Å². The molecule has 4 aromatic rings. The van der Waals surface area contributed by atoms with E-state index in [1.807, 2.05) is 47.4 Å². The fraction of sp³-hybridized carbons (Fsp3) is 0.214. The van der Waals surface area contributed by atoms with Crippen LogP contribution in [0.1, 0.15) is 42.3 Å². The Kier molecular flexibility index (Phi) is 5.84. The molecule has 4 heteroatoms. The van der Waals surface area contributed by atoms with Crippen molar-refractivity contribution < 1.29 is 4.79 Å². The van der Waals surface area contributed by atoms with Crippen LogP contribution >= 0.6 is 0 Å². The van der Waals surface area contributed by atoms with Crippen LogP contribution in [0.5, 0.6) is 0 Å². The average molecular weight is 422 g/mol. The summed E-state index contributed by atoms with van der Waals surface area (Å²) >= 11 is 0. The van der Waals surface area contributed by atoms with Crippen LogP contribution in [-0.2, 0) is 17.9 Å². The summed E-state index contributed by atoms with van der Waals surface area (Å²) in [5, 5.41) is 0. The van der Waals surface area contributed by atoms with Gasteiger partial charge in [0, 0.05) is 31.3 Å². The van der Waals surface area contributed by atoms with E-state index in [1.165, 1.54) is 5.56 Å². The number of amides is 1. The maximum Gasteiger partial charge on any atom is 0.223 e. The number of likely N-dealkylation sites (tertiary alicyclic amines) is 1. The minimum Gasteiger partial charge on any atom is -0.328 e. The molecule has 5 rings (SSSR count). The van der Waals surface area contributed by atoms with Gasteiger partial charge in [0.05, 0.1) is 11.7 Å². The van der Waals surface area contributed by atoms with E-state index in [0.29, 0.717) is 13.0 Å². The van der Waals surface area contributed by atoms with Gasteiger partial charge in [-0.05, 0) is 24.0 Å². The second kappa shape index (κ2) is 9.23. The molecule has 1 atom stereocenters. The quantitative estimate of drug-likeness (QED) is 0.391. The molecule has 1 aromatic heterocycles. The number of carbonyl (C=O) groups is 1. The SMILES string of the molecule is O=C1CCCC(c2nc(-c3ccccc3)cn2Cc2ccccc2)N1Cc1ccccc1. The van der Waals surface area contributed by atoms with E-state index < -0.39 is 0 Å². The number of benzene rings is 3. The van der Waals surface area contributed by atoms with Crippen LogP contribution in [0, 0.1) is 0 Å². The predicted octanol–water partition coefficient (Wildman–Crippen LogP) is 5.85. The van der Waals surface area contributed by atoms with Crippen molar-refractivity contribution in [3.63, 3.8) is 0 Å². The van der Waals surface area contributed by atoms with Gasteiger partial charge in [0.15, 0.2) is 0 Å². The highest BCUT2D eigenvalue weighted by atomic mass is 16.2. The maximum atomic E-state index is 13.0. The van der Waals surface area contributed by atoms with Gasteiger partial charge in [-0.2, -0.15) is 0 Å². The van der Waals surface area contributed by atoms with Crippen molar-refractivity contribution in [1.82, 2.24) is 14.5 Å². The molecule has 160 valence electrons. The van der Waals surface area contributed by atoms with Gasteiger partial charge in [0.1, 0.15) is 5.82 Å². The number of nitrogens with zero attached hydrogens (tertiary/aromatic N) is 3. The Balaban J connectivity index is 1.54. The Bertz CT molecular complexity index is 1170. The number of rotatable bonds is 6. The number of aromatic nitrogens is 2. The molecule has 1 aliphatic rings. The second-order valence-electron chi connectivity index (χ2n) is 8.38. The third-order valence-corrected chi connectivity index (χ3v) is 6.13. The first-order chi connectivity index (χ1) is 15.8. The molecule has 0 N–H and O–H groups in total. The smallest absolute Gasteiger partial charge is 0.223 e. The molecule has 0 bridgehead atoms. The summed E-state index contributed by atoms with van der Waals surface area (Å²) in [6, 6.07) is 30.9. The minimum atomic E-state index is -0.0300. The van der Waals surface area contributed by atoms with Gasteiger partial charge in [-0.1, -0.05) is 91.0 Å². The summed E-state index contributed by atoms with van der Waals surface area (Å²) in [5.74, 6) is 1.18. The molecule has 0 saturated carbocycles. The van der Waals surface area contributed by atoms with Crippen molar-refractivity contribution in [1.29, 1.82) is 0 Å². The zero-order valence-corrected chi connectivity index (χ0v) is 18.1. The Morgan fingerprint density at radius 2 is 1.38 bits per heavy atom. The molecule has 1 unspecified atom stereocenters. The molecule has 0 spiro atoms. The number of hydrogen-bond donors (Lipinski definition) is 0. The lowest BCUT2D eigenvalue weighted by Gasteiger charge is -2.35. The average Bonchev–Trinajstić information content (AvgIpc) is 3.26. The van der Waals surface area contributed by atoms with Crippen molar-refractivity contribution in [2.75, 3.05) is 0 Å². The summed E-state index contributed by atoms with van der Waals surface area (Å²) in [5.41, 5.74) is 4.42. The molecule has 4 nitrogen and oxygen atoms in total. The summed E-state index contributed by atoms with van der Waals surface area (Å²) in [6.45, 7) is 1.35. The Morgan fingerprint density at radius 1 is 0.781 bits per heavy atom. The van der Waals surface area contributed by atoms with Gasteiger partial charge < -0.3 is 9.47 Å². The summed E-state index contributed by atoms with van der Waals surface area (Å²) in [6.07, 6.45) is 4.57. The number of carbonyl (C=O) groups excluding carboxylic acids is 1. The number of hydrogen-bond acceptors (Lipinski definition) is 2. The van der Waals surface area contributed by atoms with E-state index in [2.05, 4.69) is 59.3 Å². The summed E-state index contributed by atoms with van der Waals surface area (Å²) in [7, 11) is 0. The number of piperidine rings is 1. The topological polar surface area (TPSA) is 38.1 Å². The highest BCUT2D eigenvalue weighted by molar-refractivity contribution is 5.77. The van der Waals surface area contributed by atoms with Crippen molar-refractivity contribution in [2.24, 2.45) is 0 Å². The van der Waals surface area contributed by atoms with Gasteiger partial charge in [-0.25, -0.2) is 4.98 Å². The molecule has 1 saturated heterocycles. The predicted molar refractivity (Wildman–Crippen MR) is 127 cm³/mol. The van der Waals surface area contributed by atoms with Gasteiger partial charge in [-0.15, -0.1) is 0 Å². The Hall–Kier alpha value is -3.66. The van der Waals surface area contributed by atoms with E-state index in [-0.39, 0.29) is 11.9 Å². The summed E-state index contributed by atoms with van der Waals surface area (Å²) in [4.78, 5) is 20.1. The van der Waals surface area contributed by atoms with Crippen molar-refractivity contribution in [2.45, 2.75) is 38.4 Å². The Morgan fingerprint density at radius 3 is 2.03 bits per heavy atom. The zero-order valence-electron chi connectivity index (χ0n) is 18.1. The first-order valence-electron chi connectivity index (χ1n) is 11.3. The fourth-order valence-corrected chi connectivity index (χ4v) is 4.52. The lowest BCUT2D eigenvalue weighted by molar-refractivity contribution is -0.137. The minimum absolute atomic E-state index is 0.0300. The fourth-order valence-electron chi connectivity index (χ4n) is 4.52. The first kappa shape index (κ1) is 20.3. The van der Waals surface area contributed by atoms with E-state index in [1.54, 1.807) is 0 Å². The molecule has 3 aromatic carbocycles. The molecule has 1 aliphatic heterocycles.